The molecule has 9 heteroatoms. The molecule has 0 fully saturated rings. The van der Waals surface area contributed by atoms with Crippen molar-refractivity contribution in [1.29, 1.82) is 0 Å². The molecule has 1 N–H and O–H groups in total. The predicted molar refractivity (Wildman–Crippen MR) is 116 cm³/mol. The Morgan fingerprint density at radius 2 is 1.97 bits per heavy atom. The highest BCUT2D eigenvalue weighted by Crippen LogP contribution is 2.16. The summed E-state index contributed by atoms with van der Waals surface area (Å²) in [5.41, 5.74) is 2.59. The van der Waals surface area contributed by atoms with Crippen LogP contribution in [0, 0.1) is 6.92 Å². The Kier molecular flexibility index (Phi) is 6.44. The monoisotopic (exact) mass is 433 g/mol. The number of rotatable bonds is 8. The number of carbonyl (C=O) groups is 1. The Bertz CT molecular complexity index is 1170. The van der Waals surface area contributed by atoms with Crippen LogP contribution >= 0.6 is 11.3 Å². The number of nitrogens with one attached hydrogen (secondary N) is 1. The van der Waals surface area contributed by atoms with Crippen molar-refractivity contribution >= 4 is 23.3 Å². The lowest BCUT2D eigenvalue weighted by Crippen LogP contribution is -2.20. The molecule has 8 nitrogen and oxygen atoms in total. The van der Waals surface area contributed by atoms with Crippen LogP contribution in [-0.2, 0) is 17.9 Å². The van der Waals surface area contributed by atoms with Gasteiger partial charge in [-0.3, -0.25) is 9.78 Å². The number of hydrogen-bond acceptors (Lipinski definition) is 8. The smallest absolute Gasteiger partial charge is 0.246 e. The number of ether oxygens (including phenoxy) is 1. The minimum absolute atomic E-state index is 0.143. The average molecular weight is 433 g/mol. The van der Waals surface area contributed by atoms with Crippen LogP contribution in [-0.4, -0.2) is 26.0 Å². The number of pyridine rings is 1. The highest BCUT2D eigenvalue weighted by molar-refractivity contribution is 7.09. The van der Waals surface area contributed by atoms with Crippen LogP contribution < -0.4 is 10.1 Å². The Hall–Kier alpha value is -3.85. The van der Waals surface area contributed by atoms with E-state index in [1.165, 1.54) is 6.08 Å². The topological polar surface area (TPSA) is 103 Å². The largest absolute Gasteiger partial charge is 0.487 e. The second-order valence-electron chi connectivity index (χ2n) is 6.51. The standard InChI is InChI=1S/C22H19N5O3S/c1-15-25-18(14-31-15)13-29-19-5-2-16(3-6-19)4-7-20(28)24-12-21-26-22(27-30-21)17-8-10-23-11-9-17/h2-11,14H,12-13H2,1H3,(H,24,28)/b7-4+. The maximum Gasteiger partial charge on any atom is 0.246 e. The molecule has 4 rings (SSSR count). The van der Waals surface area contributed by atoms with E-state index in [1.54, 1.807) is 41.9 Å². The van der Waals surface area contributed by atoms with Crippen LogP contribution in [0.25, 0.3) is 17.5 Å². The van der Waals surface area contributed by atoms with Crippen molar-refractivity contribution in [3.05, 3.63) is 82.4 Å². The molecule has 31 heavy (non-hydrogen) atoms. The molecule has 0 spiro atoms. The molecular formula is C22H19N5O3S. The van der Waals surface area contributed by atoms with Gasteiger partial charge in [-0.2, -0.15) is 4.98 Å². The predicted octanol–water partition coefficient (Wildman–Crippen LogP) is 3.81. The Morgan fingerprint density at radius 3 is 2.71 bits per heavy atom. The van der Waals surface area contributed by atoms with Crippen LogP contribution in [0.2, 0.25) is 0 Å². The number of aryl methyl sites for hydroxylation is 1. The second-order valence-corrected chi connectivity index (χ2v) is 7.58. The van der Waals surface area contributed by atoms with Gasteiger partial charge in [0.2, 0.25) is 17.6 Å². The molecule has 156 valence electrons. The first kappa shape index (κ1) is 20.4. The summed E-state index contributed by atoms with van der Waals surface area (Å²) in [6.07, 6.45) is 6.48. The van der Waals surface area contributed by atoms with Crippen molar-refractivity contribution in [2.75, 3.05) is 0 Å². The van der Waals surface area contributed by atoms with Crippen LogP contribution in [0.4, 0.5) is 0 Å². The summed E-state index contributed by atoms with van der Waals surface area (Å²) < 4.78 is 10.9. The molecule has 0 unspecified atom stereocenters. The summed E-state index contributed by atoms with van der Waals surface area (Å²) in [7, 11) is 0. The maximum atomic E-state index is 12.1. The van der Waals surface area contributed by atoms with E-state index in [0.29, 0.717) is 18.3 Å². The highest BCUT2D eigenvalue weighted by atomic mass is 32.1. The van der Waals surface area contributed by atoms with E-state index in [-0.39, 0.29) is 12.5 Å². The van der Waals surface area contributed by atoms with E-state index in [0.717, 1.165) is 27.6 Å². The van der Waals surface area contributed by atoms with Crippen molar-refractivity contribution < 1.29 is 14.1 Å². The third kappa shape index (κ3) is 5.83. The van der Waals surface area contributed by atoms with Crippen molar-refractivity contribution in [3.8, 4) is 17.1 Å². The van der Waals surface area contributed by atoms with E-state index in [1.807, 2.05) is 36.6 Å². The molecule has 0 aliphatic carbocycles. The number of amides is 1. The van der Waals surface area contributed by atoms with Gasteiger partial charge in [-0.1, -0.05) is 17.3 Å². The minimum atomic E-state index is -0.261. The van der Waals surface area contributed by atoms with Crippen LogP contribution in [0.15, 0.2) is 64.8 Å². The fourth-order valence-corrected chi connectivity index (χ4v) is 3.24. The van der Waals surface area contributed by atoms with Gasteiger partial charge in [-0.25, -0.2) is 4.98 Å². The number of thiazole rings is 1. The van der Waals surface area contributed by atoms with Crippen molar-refractivity contribution in [2.45, 2.75) is 20.1 Å². The summed E-state index contributed by atoms with van der Waals surface area (Å²) in [6, 6.07) is 11.0. The summed E-state index contributed by atoms with van der Waals surface area (Å²) in [6.45, 7) is 2.54. The number of benzene rings is 1. The fraction of sp³-hybridized carbons (Fsp3) is 0.136. The zero-order chi connectivity index (χ0) is 21.5. The highest BCUT2D eigenvalue weighted by Gasteiger charge is 2.08. The Labute approximate surface area is 182 Å². The van der Waals surface area contributed by atoms with E-state index >= 15 is 0 Å². The lowest BCUT2D eigenvalue weighted by atomic mass is 10.2. The van der Waals surface area contributed by atoms with E-state index in [9.17, 15) is 4.79 Å². The molecular weight excluding hydrogens is 414 g/mol. The molecule has 0 aliphatic rings. The lowest BCUT2D eigenvalue weighted by Gasteiger charge is -2.04. The van der Waals surface area contributed by atoms with Gasteiger partial charge < -0.3 is 14.6 Å². The van der Waals surface area contributed by atoms with Crippen LogP contribution in [0.1, 0.15) is 22.2 Å². The molecule has 3 aromatic heterocycles. The van der Waals surface area contributed by atoms with Gasteiger partial charge in [0.1, 0.15) is 12.4 Å². The van der Waals surface area contributed by atoms with Gasteiger partial charge in [0.25, 0.3) is 0 Å². The summed E-state index contributed by atoms with van der Waals surface area (Å²) >= 11 is 1.60. The molecule has 0 bridgehead atoms. The number of hydrogen-bond donors (Lipinski definition) is 1. The van der Waals surface area contributed by atoms with E-state index in [2.05, 4.69) is 25.4 Å². The third-order valence-corrected chi connectivity index (χ3v) is 5.00. The normalized spacial score (nSPS) is 11.0. The van der Waals surface area contributed by atoms with Gasteiger partial charge in [-0.05, 0) is 42.8 Å². The van der Waals surface area contributed by atoms with Gasteiger partial charge in [0, 0.05) is 29.4 Å². The summed E-state index contributed by atoms with van der Waals surface area (Å²) in [5, 5.41) is 9.63. The maximum absolute atomic E-state index is 12.1. The minimum Gasteiger partial charge on any atom is -0.487 e. The molecule has 0 atom stereocenters. The zero-order valence-electron chi connectivity index (χ0n) is 16.7. The Morgan fingerprint density at radius 1 is 1.16 bits per heavy atom. The van der Waals surface area contributed by atoms with Crippen molar-refractivity contribution in [2.24, 2.45) is 0 Å². The van der Waals surface area contributed by atoms with Crippen molar-refractivity contribution in [1.82, 2.24) is 25.4 Å². The van der Waals surface area contributed by atoms with E-state index < -0.39 is 0 Å². The number of nitrogens with zero attached hydrogens (tertiary/aromatic N) is 4. The van der Waals surface area contributed by atoms with Gasteiger partial charge in [-0.15, -0.1) is 11.3 Å². The zero-order valence-corrected chi connectivity index (χ0v) is 17.5. The van der Waals surface area contributed by atoms with Crippen molar-refractivity contribution in [3.63, 3.8) is 0 Å². The van der Waals surface area contributed by atoms with Crippen LogP contribution in [0.5, 0.6) is 5.75 Å². The lowest BCUT2D eigenvalue weighted by molar-refractivity contribution is -0.116. The second kappa shape index (κ2) is 9.77. The fourth-order valence-electron chi connectivity index (χ4n) is 2.65. The quantitative estimate of drug-likeness (QED) is 0.422. The summed E-state index contributed by atoms with van der Waals surface area (Å²) in [5.74, 6) is 1.26. The molecule has 1 aromatic carbocycles. The van der Waals surface area contributed by atoms with Gasteiger partial charge >= 0.3 is 0 Å². The third-order valence-electron chi connectivity index (χ3n) is 4.18. The first-order valence-electron chi connectivity index (χ1n) is 9.48. The van der Waals surface area contributed by atoms with Gasteiger partial charge in [0.15, 0.2) is 0 Å². The SMILES string of the molecule is Cc1nc(COc2ccc(/C=C/C(=O)NCc3nc(-c4ccncc4)no3)cc2)cs1. The molecule has 4 aromatic rings. The summed E-state index contributed by atoms with van der Waals surface area (Å²) in [4.78, 5) is 24.6. The molecule has 0 aliphatic heterocycles. The van der Waals surface area contributed by atoms with Gasteiger partial charge in [0.05, 0.1) is 17.2 Å². The van der Waals surface area contributed by atoms with E-state index in [4.69, 9.17) is 9.26 Å². The first-order valence-corrected chi connectivity index (χ1v) is 10.4. The molecule has 0 saturated carbocycles. The number of carbonyl (C=O) groups excluding carboxylic acids is 1. The van der Waals surface area contributed by atoms with Crippen LogP contribution in [0.3, 0.4) is 0 Å². The Balaban J connectivity index is 1.25. The molecule has 0 saturated heterocycles. The first-order chi connectivity index (χ1) is 15.2. The molecule has 0 radical (unpaired) electrons. The molecule has 1 amide bonds. The average Bonchev–Trinajstić information content (AvgIpc) is 3.45. The molecule has 3 heterocycles. The number of aromatic nitrogens is 4.